The van der Waals surface area contributed by atoms with E-state index in [4.69, 9.17) is 10.5 Å². The Bertz CT molecular complexity index is 802. The van der Waals surface area contributed by atoms with Gasteiger partial charge in [-0.2, -0.15) is 4.98 Å². The Labute approximate surface area is 131 Å². The van der Waals surface area contributed by atoms with Gasteiger partial charge in [0.2, 0.25) is 11.8 Å². The van der Waals surface area contributed by atoms with Gasteiger partial charge in [-0.05, 0) is 34.1 Å². The summed E-state index contributed by atoms with van der Waals surface area (Å²) in [6, 6.07) is 5.78. The number of rotatable bonds is 2. The lowest BCUT2D eigenvalue weighted by molar-refractivity contribution is 0.401. The Balaban J connectivity index is 2.37. The van der Waals surface area contributed by atoms with Gasteiger partial charge in [-0.1, -0.05) is 15.9 Å². The predicted octanol–water partition coefficient (Wildman–Crippen LogP) is 2.93. The second kappa shape index (κ2) is 5.02. The van der Waals surface area contributed by atoms with E-state index in [0.717, 1.165) is 14.6 Å². The van der Waals surface area contributed by atoms with E-state index in [9.17, 15) is 0 Å². The predicted molar refractivity (Wildman–Crippen MR) is 83.0 cm³/mol. The largest absolute Gasteiger partial charge is 0.479 e. The molecule has 0 aliphatic carbocycles. The molecule has 3 aromatic rings. The van der Waals surface area contributed by atoms with E-state index in [1.807, 2.05) is 18.2 Å². The minimum Gasteiger partial charge on any atom is -0.479 e. The van der Waals surface area contributed by atoms with Gasteiger partial charge in [-0.3, -0.25) is 4.57 Å². The molecule has 2 N–H and O–H groups in total. The van der Waals surface area contributed by atoms with Gasteiger partial charge in [0, 0.05) is 8.95 Å². The number of halogens is 2. The Morgan fingerprint density at radius 3 is 2.80 bits per heavy atom. The van der Waals surface area contributed by atoms with Crippen LogP contribution < -0.4 is 10.5 Å². The first kappa shape index (κ1) is 13.3. The molecule has 102 valence electrons. The highest BCUT2D eigenvalue weighted by Crippen LogP contribution is 2.31. The maximum absolute atomic E-state index is 6.02. The molecule has 0 bridgehead atoms. The van der Waals surface area contributed by atoms with Crippen LogP contribution in [0.4, 0.5) is 5.95 Å². The van der Waals surface area contributed by atoms with E-state index in [0.29, 0.717) is 23.0 Å². The number of fused-ring (bicyclic) bond motifs is 1. The maximum Gasteiger partial charge on any atom is 0.245 e. The van der Waals surface area contributed by atoms with Crippen LogP contribution in [0.5, 0.6) is 5.88 Å². The van der Waals surface area contributed by atoms with Crippen molar-refractivity contribution in [2.75, 3.05) is 12.8 Å². The molecular weight excluding hydrogens is 390 g/mol. The molecule has 2 heterocycles. The molecule has 0 saturated carbocycles. The number of aromatic nitrogens is 4. The second-order valence-corrected chi connectivity index (χ2v) is 5.73. The van der Waals surface area contributed by atoms with Crippen LogP contribution >= 0.6 is 31.9 Å². The molecule has 2 aromatic heterocycles. The Morgan fingerprint density at radius 2 is 2.05 bits per heavy atom. The van der Waals surface area contributed by atoms with E-state index in [1.54, 1.807) is 4.57 Å². The molecule has 0 unspecified atom stereocenters. The zero-order valence-electron chi connectivity index (χ0n) is 10.3. The number of anilines is 1. The van der Waals surface area contributed by atoms with Crippen molar-refractivity contribution in [3.05, 3.63) is 33.5 Å². The summed E-state index contributed by atoms with van der Waals surface area (Å²) in [5.41, 5.74) is 7.97. The van der Waals surface area contributed by atoms with Crippen molar-refractivity contribution in [3.63, 3.8) is 0 Å². The Hall–Kier alpha value is -1.67. The van der Waals surface area contributed by atoms with Crippen LogP contribution in [-0.4, -0.2) is 26.6 Å². The standard InChI is InChI=1S/C12H9Br2N5O/c1-20-11-9-10(16-5-17-11)19(12(15)18-9)8-4-6(13)2-3-7(8)14/h2-5H,1H3,(H2,15,18). The lowest BCUT2D eigenvalue weighted by atomic mass is 10.3. The summed E-state index contributed by atoms with van der Waals surface area (Å²) in [5.74, 6) is 0.712. The first-order valence-electron chi connectivity index (χ1n) is 5.60. The molecule has 0 fully saturated rings. The average Bonchev–Trinajstić information content (AvgIpc) is 2.77. The molecule has 0 spiro atoms. The zero-order valence-corrected chi connectivity index (χ0v) is 13.5. The fourth-order valence-corrected chi connectivity index (χ4v) is 2.71. The topological polar surface area (TPSA) is 78.8 Å². The van der Waals surface area contributed by atoms with Gasteiger partial charge in [-0.15, -0.1) is 0 Å². The molecule has 0 aliphatic heterocycles. The van der Waals surface area contributed by atoms with Gasteiger partial charge >= 0.3 is 0 Å². The molecule has 0 saturated heterocycles. The summed E-state index contributed by atoms with van der Waals surface area (Å²) in [6.07, 6.45) is 1.42. The second-order valence-electron chi connectivity index (χ2n) is 3.96. The molecule has 8 heteroatoms. The smallest absolute Gasteiger partial charge is 0.245 e. The number of nitrogen functional groups attached to an aromatic ring is 1. The third kappa shape index (κ3) is 2.04. The Kier molecular flexibility index (Phi) is 3.35. The minimum absolute atomic E-state index is 0.317. The highest BCUT2D eigenvalue weighted by Gasteiger charge is 2.17. The third-order valence-corrected chi connectivity index (χ3v) is 3.94. The van der Waals surface area contributed by atoms with Gasteiger partial charge in [0.05, 0.1) is 12.8 Å². The van der Waals surface area contributed by atoms with Gasteiger partial charge in [-0.25, -0.2) is 9.97 Å². The molecule has 0 atom stereocenters. The van der Waals surface area contributed by atoms with Crippen molar-refractivity contribution in [1.82, 2.24) is 19.5 Å². The summed E-state index contributed by atoms with van der Waals surface area (Å²) < 4.78 is 8.73. The van der Waals surface area contributed by atoms with Crippen molar-refractivity contribution < 1.29 is 4.74 Å². The number of hydrogen-bond acceptors (Lipinski definition) is 5. The number of nitrogens with two attached hydrogens (primary N) is 1. The van der Waals surface area contributed by atoms with Crippen LogP contribution in [0.1, 0.15) is 0 Å². The first-order chi connectivity index (χ1) is 9.61. The van der Waals surface area contributed by atoms with Crippen LogP contribution in [0.2, 0.25) is 0 Å². The third-order valence-electron chi connectivity index (χ3n) is 2.78. The van der Waals surface area contributed by atoms with Gasteiger partial charge in [0.25, 0.3) is 0 Å². The summed E-state index contributed by atoms with van der Waals surface area (Å²) in [7, 11) is 1.53. The van der Waals surface area contributed by atoms with Crippen molar-refractivity contribution in [1.29, 1.82) is 0 Å². The quantitative estimate of drug-likeness (QED) is 0.717. The molecular formula is C12H9Br2N5O. The first-order valence-corrected chi connectivity index (χ1v) is 7.18. The fourth-order valence-electron chi connectivity index (χ4n) is 1.93. The number of ether oxygens (including phenoxy) is 1. The lowest BCUT2D eigenvalue weighted by Crippen LogP contribution is -2.02. The maximum atomic E-state index is 6.02. The highest BCUT2D eigenvalue weighted by atomic mass is 79.9. The minimum atomic E-state index is 0.317. The van der Waals surface area contributed by atoms with E-state index < -0.39 is 0 Å². The van der Waals surface area contributed by atoms with Crippen molar-refractivity contribution in [3.8, 4) is 11.6 Å². The number of benzene rings is 1. The summed E-state index contributed by atoms with van der Waals surface area (Å²) >= 11 is 6.95. The molecule has 6 nitrogen and oxygen atoms in total. The number of hydrogen-bond donors (Lipinski definition) is 1. The zero-order chi connectivity index (χ0) is 14.3. The van der Waals surface area contributed by atoms with Crippen molar-refractivity contribution in [2.45, 2.75) is 0 Å². The molecule has 3 rings (SSSR count). The van der Waals surface area contributed by atoms with E-state index in [1.165, 1.54) is 13.4 Å². The van der Waals surface area contributed by atoms with Gasteiger partial charge in [0.15, 0.2) is 11.2 Å². The van der Waals surface area contributed by atoms with Crippen LogP contribution in [0.15, 0.2) is 33.5 Å². The molecule has 20 heavy (non-hydrogen) atoms. The number of methoxy groups -OCH3 is 1. The number of imidazole rings is 1. The van der Waals surface area contributed by atoms with Gasteiger partial charge in [0.1, 0.15) is 6.33 Å². The molecule has 1 aromatic carbocycles. The van der Waals surface area contributed by atoms with Crippen LogP contribution in [0.3, 0.4) is 0 Å². The van der Waals surface area contributed by atoms with Crippen molar-refractivity contribution >= 4 is 49.0 Å². The summed E-state index contributed by atoms with van der Waals surface area (Å²) in [5, 5.41) is 0. The normalized spacial score (nSPS) is 10.9. The monoisotopic (exact) mass is 397 g/mol. The average molecular weight is 399 g/mol. The molecule has 0 aliphatic rings. The van der Waals surface area contributed by atoms with E-state index >= 15 is 0 Å². The van der Waals surface area contributed by atoms with Crippen molar-refractivity contribution in [2.24, 2.45) is 0 Å². The van der Waals surface area contributed by atoms with E-state index in [2.05, 4.69) is 46.8 Å². The molecule has 0 amide bonds. The Morgan fingerprint density at radius 1 is 1.25 bits per heavy atom. The van der Waals surface area contributed by atoms with Gasteiger partial charge < -0.3 is 10.5 Å². The van der Waals surface area contributed by atoms with Crippen LogP contribution in [0.25, 0.3) is 16.9 Å². The molecule has 0 radical (unpaired) electrons. The summed E-state index contributed by atoms with van der Waals surface area (Å²) in [6.45, 7) is 0. The van der Waals surface area contributed by atoms with Crippen LogP contribution in [0, 0.1) is 0 Å². The summed E-state index contributed by atoms with van der Waals surface area (Å²) in [4.78, 5) is 12.6. The number of nitrogens with zero attached hydrogens (tertiary/aromatic N) is 4. The fraction of sp³-hybridized carbons (Fsp3) is 0.0833. The highest BCUT2D eigenvalue weighted by molar-refractivity contribution is 9.11. The lowest BCUT2D eigenvalue weighted by Gasteiger charge is -2.08. The van der Waals surface area contributed by atoms with E-state index in [-0.39, 0.29) is 0 Å². The van der Waals surface area contributed by atoms with Crippen LogP contribution in [-0.2, 0) is 0 Å². The SMILES string of the molecule is COc1ncnc2c1nc(N)n2-c1cc(Br)ccc1Br.